The minimum Gasteiger partial charge on any atom is -0.473 e. The minimum absolute atomic E-state index is 0.00162. The minimum atomic E-state index is -2.02. The van der Waals surface area contributed by atoms with Crippen LogP contribution in [0.15, 0.2) is 36.7 Å². The van der Waals surface area contributed by atoms with Crippen molar-refractivity contribution in [1.82, 2.24) is 15.0 Å². The Hall–Kier alpha value is -3.59. The van der Waals surface area contributed by atoms with Crippen LogP contribution in [0.3, 0.4) is 0 Å². The molecule has 42 heavy (non-hydrogen) atoms. The summed E-state index contributed by atoms with van der Waals surface area (Å²) in [5.74, 6) is 0.0311. The zero-order valence-electron chi connectivity index (χ0n) is 25.2. The maximum Gasteiger partial charge on any atom is 0.238 e. The van der Waals surface area contributed by atoms with E-state index in [1.165, 1.54) is 0 Å². The highest BCUT2D eigenvalue weighted by Crippen LogP contribution is 2.44. The molecule has 1 saturated heterocycles. The Kier molecular flexibility index (Phi) is 8.25. The largest absolute Gasteiger partial charge is 0.473 e. The van der Waals surface area contributed by atoms with Gasteiger partial charge in [-0.25, -0.2) is 19.3 Å². The van der Waals surface area contributed by atoms with Crippen LogP contribution in [0, 0.1) is 17.1 Å². The molecular weight excluding hydrogens is 551 g/mol. The fourth-order valence-electron chi connectivity index (χ4n) is 4.88. The average Bonchev–Trinajstić information content (AvgIpc) is 3.30. The first-order valence-corrected chi connectivity index (χ1v) is 17.3. The molecule has 9 nitrogen and oxygen atoms in total. The Morgan fingerprint density at radius 2 is 2.00 bits per heavy atom. The third kappa shape index (κ3) is 6.11. The van der Waals surface area contributed by atoms with Gasteiger partial charge in [0.05, 0.1) is 30.7 Å². The SMILES string of the molecule is CC1(CO[Si](C)(C)C(C)(C)C)CNc2c(C#N)cc(-c3nc(Nc4cccnc4OC4CCOCC4)ncc3F)cc21. The van der Waals surface area contributed by atoms with Gasteiger partial charge in [-0.15, -0.1) is 0 Å². The van der Waals surface area contributed by atoms with E-state index in [9.17, 15) is 5.26 Å². The summed E-state index contributed by atoms with van der Waals surface area (Å²) in [5.41, 5.74) is 2.90. The van der Waals surface area contributed by atoms with E-state index in [0.29, 0.717) is 49.1 Å². The van der Waals surface area contributed by atoms with Crippen molar-refractivity contribution in [3.05, 3.63) is 53.6 Å². The predicted octanol–water partition coefficient (Wildman–Crippen LogP) is 6.56. The smallest absolute Gasteiger partial charge is 0.238 e. The average molecular weight is 591 g/mol. The number of hydrogen-bond donors (Lipinski definition) is 2. The van der Waals surface area contributed by atoms with Gasteiger partial charge in [-0.2, -0.15) is 5.26 Å². The lowest BCUT2D eigenvalue weighted by Crippen LogP contribution is -2.45. The number of pyridine rings is 1. The van der Waals surface area contributed by atoms with Crippen molar-refractivity contribution in [2.24, 2.45) is 0 Å². The number of benzene rings is 1. The quantitative estimate of drug-likeness (QED) is 0.282. The number of fused-ring (bicyclic) bond motifs is 1. The van der Waals surface area contributed by atoms with E-state index in [4.69, 9.17) is 13.9 Å². The summed E-state index contributed by atoms with van der Waals surface area (Å²) in [6.45, 7) is 15.6. The first-order chi connectivity index (χ1) is 19.9. The Labute approximate surface area is 248 Å². The summed E-state index contributed by atoms with van der Waals surface area (Å²) in [6, 6.07) is 9.47. The Bertz CT molecular complexity index is 1500. The highest BCUT2D eigenvalue weighted by molar-refractivity contribution is 6.74. The molecule has 222 valence electrons. The number of ether oxygens (including phenoxy) is 2. The first kappa shape index (κ1) is 29.9. The van der Waals surface area contributed by atoms with Gasteiger partial charge in [0, 0.05) is 43.2 Å². The molecule has 0 saturated carbocycles. The molecule has 5 rings (SSSR count). The van der Waals surface area contributed by atoms with Crippen LogP contribution in [-0.4, -0.2) is 55.7 Å². The predicted molar refractivity (Wildman–Crippen MR) is 163 cm³/mol. The zero-order chi connectivity index (χ0) is 30.1. The van der Waals surface area contributed by atoms with Crippen molar-refractivity contribution in [3.8, 4) is 23.2 Å². The van der Waals surface area contributed by atoms with Crippen LogP contribution in [0.25, 0.3) is 11.3 Å². The molecule has 2 aliphatic rings. The van der Waals surface area contributed by atoms with E-state index in [0.717, 1.165) is 30.3 Å². The molecule has 0 bridgehead atoms. The molecule has 0 spiro atoms. The van der Waals surface area contributed by atoms with Gasteiger partial charge in [0.1, 0.15) is 23.6 Å². The summed E-state index contributed by atoms with van der Waals surface area (Å²) in [4.78, 5) is 13.1. The highest BCUT2D eigenvalue weighted by Gasteiger charge is 2.42. The van der Waals surface area contributed by atoms with Crippen LogP contribution in [0.5, 0.6) is 5.88 Å². The molecule has 1 atom stereocenters. The van der Waals surface area contributed by atoms with E-state index in [2.05, 4.69) is 72.4 Å². The summed E-state index contributed by atoms with van der Waals surface area (Å²) in [5, 5.41) is 16.6. The molecule has 11 heteroatoms. The summed E-state index contributed by atoms with van der Waals surface area (Å²) in [6.07, 6.45) is 4.35. The molecule has 1 unspecified atom stereocenters. The first-order valence-electron chi connectivity index (χ1n) is 14.4. The number of nitrogens with one attached hydrogen (secondary N) is 2. The van der Waals surface area contributed by atoms with E-state index >= 15 is 4.39 Å². The van der Waals surface area contributed by atoms with Crippen LogP contribution in [0.2, 0.25) is 18.1 Å². The van der Waals surface area contributed by atoms with Crippen LogP contribution in [0.4, 0.5) is 21.7 Å². The lowest BCUT2D eigenvalue weighted by molar-refractivity contribution is 0.0240. The standard InChI is InChI=1S/C31H39FN6O3Si/c1-30(2,3)42(5,6)40-19-31(4)18-36-26-21(16-33)14-20(15-23(26)31)27-24(32)17-35-29(38-27)37-25-8-7-11-34-28(25)41-22-9-12-39-13-10-22/h7-8,11,14-15,17,22,36H,9-10,12-13,18-19H2,1-6H3,(H,35,37,38). The zero-order valence-corrected chi connectivity index (χ0v) is 26.2. The van der Waals surface area contributed by atoms with E-state index in [1.807, 2.05) is 12.1 Å². The summed E-state index contributed by atoms with van der Waals surface area (Å²) >= 11 is 0. The van der Waals surface area contributed by atoms with Gasteiger partial charge in [0.2, 0.25) is 11.8 Å². The molecule has 2 N–H and O–H groups in total. The molecule has 4 heterocycles. The summed E-state index contributed by atoms with van der Waals surface area (Å²) in [7, 11) is -2.02. The monoisotopic (exact) mass is 590 g/mol. The van der Waals surface area contributed by atoms with Crippen LogP contribution >= 0.6 is 0 Å². The second-order valence-corrected chi connectivity index (χ2v) is 17.6. The van der Waals surface area contributed by atoms with Crippen molar-refractivity contribution in [2.45, 2.75) is 70.2 Å². The number of nitrogens with zero attached hydrogens (tertiary/aromatic N) is 4. The van der Waals surface area contributed by atoms with Gasteiger partial charge in [0.15, 0.2) is 14.1 Å². The Morgan fingerprint density at radius 1 is 1.24 bits per heavy atom. The van der Waals surface area contributed by atoms with Crippen molar-refractivity contribution in [3.63, 3.8) is 0 Å². The number of hydrogen-bond acceptors (Lipinski definition) is 9. The van der Waals surface area contributed by atoms with Crippen molar-refractivity contribution < 1.29 is 18.3 Å². The Morgan fingerprint density at radius 3 is 2.71 bits per heavy atom. The van der Waals surface area contributed by atoms with Gasteiger partial charge in [-0.05, 0) is 48.0 Å². The molecule has 3 aromatic rings. The van der Waals surface area contributed by atoms with Crippen molar-refractivity contribution in [2.75, 3.05) is 37.0 Å². The van der Waals surface area contributed by atoms with Gasteiger partial charge in [-0.1, -0.05) is 27.7 Å². The second-order valence-electron chi connectivity index (χ2n) is 12.8. The molecule has 0 amide bonds. The lowest BCUT2D eigenvalue weighted by Gasteiger charge is -2.39. The number of nitriles is 1. The molecule has 1 fully saturated rings. The molecule has 0 aliphatic carbocycles. The van der Waals surface area contributed by atoms with Crippen LogP contribution in [-0.2, 0) is 14.6 Å². The summed E-state index contributed by atoms with van der Waals surface area (Å²) < 4.78 is 33.5. The number of halogens is 1. The fraction of sp³-hybridized carbons (Fsp3) is 0.484. The molecule has 0 radical (unpaired) electrons. The number of aromatic nitrogens is 3. The van der Waals surface area contributed by atoms with Crippen LogP contribution < -0.4 is 15.4 Å². The van der Waals surface area contributed by atoms with Gasteiger partial charge in [-0.3, -0.25) is 0 Å². The van der Waals surface area contributed by atoms with Crippen molar-refractivity contribution >= 4 is 25.6 Å². The van der Waals surface area contributed by atoms with Gasteiger partial charge >= 0.3 is 0 Å². The molecule has 1 aromatic carbocycles. The van der Waals surface area contributed by atoms with E-state index in [1.54, 1.807) is 18.3 Å². The third-order valence-corrected chi connectivity index (χ3v) is 13.1. The number of anilines is 3. The van der Waals surface area contributed by atoms with Gasteiger partial charge in [0.25, 0.3) is 0 Å². The van der Waals surface area contributed by atoms with Crippen molar-refractivity contribution in [1.29, 1.82) is 5.26 Å². The maximum atomic E-state index is 15.3. The highest BCUT2D eigenvalue weighted by atomic mass is 28.4. The normalized spacial score (nSPS) is 19.1. The van der Waals surface area contributed by atoms with Crippen LogP contribution in [0.1, 0.15) is 51.7 Å². The molecular formula is C31H39FN6O3Si. The van der Waals surface area contributed by atoms with E-state index < -0.39 is 19.5 Å². The number of rotatable bonds is 8. The fourth-order valence-corrected chi connectivity index (χ4v) is 5.99. The lowest BCUT2D eigenvalue weighted by atomic mass is 9.83. The second kappa shape index (κ2) is 11.6. The third-order valence-electron chi connectivity index (χ3n) is 8.60. The van der Waals surface area contributed by atoms with Gasteiger partial charge < -0.3 is 24.5 Å². The maximum absolute atomic E-state index is 15.3. The van der Waals surface area contributed by atoms with E-state index in [-0.39, 0.29) is 22.8 Å². The Balaban J connectivity index is 1.45. The topological polar surface area (TPSA) is 114 Å². The molecule has 2 aliphatic heterocycles. The molecule has 2 aromatic heterocycles.